The van der Waals surface area contributed by atoms with Crippen LogP contribution in [-0.2, 0) is 14.4 Å². The Labute approximate surface area is 171 Å². The predicted octanol–water partition coefficient (Wildman–Crippen LogP) is 3.07. The minimum absolute atomic E-state index is 0.100. The second kappa shape index (κ2) is 8.00. The molecular weight excluding hydrogens is 364 g/mol. The molecule has 0 spiro atoms. The molecule has 2 aromatic rings. The van der Waals surface area contributed by atoms with E-state index in [0.717, 1.165) is 27.9 Å². The van der Waals surface area contributed by atoms with Crippen LogP contribution in [0.5, 0.6) is 0 Å². The number of aromatic nitrogens is 1. The number of terminal acetylenes is 1. The van der Waals surface area contributed by atoms with E-state index in [1.165, 1.54) is 4.90 Å². The first kappa shape index (κ1) is 20.5. The maximum Gasteiger partial charge on any atom is 0.226 e. The molecule has 1 aromatic heterocycles. The lowest BCUT2D eigenvalue weighted by atomic mass is 9.74. The molecule has 0 radical (unpaired) electrons. The van der Waals surface area contributed by atoms with Crippen molar-refractivity contribution in [1.82, 2.24) is 9.88 Å². The molecule has 29 heavy (non-hydrogen) atoms. The summed E-state index contributed by atoms with van der Waals surface area (Å²) in [5.41, 5.74) is 4.88. The molecule has 1 aromatic carbocycles. The number of aryl methyl sites for hydroxylation is 2. The van der Waals surface area contributed by atoms with E-state index in [2.05, 4.69) is 10.9 Å². The van der Waals surface area contributed by atoms with Crippen LogP contribution in [0, 0.1) is 32.1 Å². The van der Waals surface area contributed by atoms with Gasteiger partial charge in [-0.05, 0) is 54.8 Å². The Hall–Kier alpha value is -3.26. The van der Waals surface area contributed by atoms with Crippen molar-refractivity contribution in [3.05, 3.63) is 52.7 Å². The normalized spacial score (nSPS) is 19.0. The highest BCUT2D eigenvalue weighted by atomic mass is 16.2. The molecule has 1 fully saturated rings. The van der Waals surface area contributed by atoms with E-state index in [1.54, 1.807) is 20.3 Å². The standard InChI is InChI=1S/C24H24N2O3/c1-6-16-7-8-19(25-13-16)17-9-14(2)22(15(3)10-17)23-20(27)11-18(12-21(23)28)24(29)26(4)5/h1,7-10,13,18,23H,11-12H2,2-5H3. The molecule has 5 heteroatoms. The molecule has 1 heterocycles. The van der Waals surface area contributed by atoms with E-state index in [9.17, 15) is 14.4 Å². The van der Waals surface area contributed by atoms with Gasteiger partial charge in [-0.25, -0.2) is 0 Å². The van der Waals surface area contributed by atoms with Crippen LogP contribution in [0.3, 0.4) is 0 Å². The molecule has 0 saturated heterocycles. The number of hydrogen-bond donors (Lipinski definition) is 0. The van der Waals surface area contributed by atoms with Crippen LogP contribution in [0.1, 0.15) is 41.0 Å². The van der Waals surface area contributed by atoms with E-state index in [-0.39, 0.29) is 30.3 Å². The van der Waals surface area contributed by atoms with Gasteiger partial charge in [0.05, 0.1) is 11.6 Å². The Kier molecular flexibility index (Phi) is 5.65. The zero-order chi connectivity index (χ0) is 21.3. The largest absolute Gasteiger partial charge is 0.349 e. The fourth-order valence-electron chi connectivity index (χ4n) is 4.06. The lowest BCUT2D eigenvalue weighted by molar-refractivity contribution is -0.143. The fourth-order valence-corrected chi connectivity index (χ4v) is 4.06. The van der Waals surface area contributed by atoms with Crippen molar-refractivity contribution in [2.45, 2.75) is 32.6 Å². The third kappa shape index (κ3) is 3.97. The lowest BCUT2D eigenvalue weighted by Gasteiger charge is -2.29. The molecule has 1 amide bonds. The molecule has 5 nitrogen and oxygen atoms in total. The highest BCUT2D eigenvalue weighted by molar-refractivity contribution is 6.12. The van der Waals surface area contributed by atoms with E-state index in [4.69, 9.17) is 6.42 Å². The molecule has 0 N–H and O–H groups in total. The summed E-state index contributed by atoms with van der Waals surface area (Å²) in [6.45, 7) is 3.80. The van der Waals surface area contributed by atoms with Gasteiger partial charge < -0.3 is 4.90 Å². The van der Waals surface area contributed by atoms with Crippen molar-refractivity contribution in [3.63, 3.8) is 0 Å². The number of rotatable bonds is 3. The summed E-state index contributed by atoms with van der Waals surface area (Å²) in [4.78, 5) is 43.8. The van der Waals surface area contributed by atoms with Crippen molar-refractivity contribution < 1.29 is 14.4 Å². The molecule has 1 aliphatic carbocycles. The van der Waals surface area contributed by atoms with Gasteiger partial charge in [-0.1, -0.05) is 5.92 Å². The maximum absolute atomic E-state index is 12.8. The number of amides is 1. The van der Waals surface area contributed by atoms with Crippen LogP contribution >= 0.6 is 0 Å². The summed E-state index contributed by atoms with van der Waals surface area (Å²) in [5, 5.41) is 0. The van der Waals surface area contributed by atoms with Crippen molar-refractivity contribution in [2.75, 3.05) is 14.1 Å². The lowest BCUT2D eigenvalue weighted by Crippen LogP contribution is -2.40. The summed E-state index contributed by atoms with van der Waals surface area (Å²) >= 11 is 0. The quantitative estimate of drug-likeness (QED) is 0.599. The van der Waals surface area contributed by atoms with Gasteiger partial charge in [0.25, 0.3) is 0 Å². The zero-order valence-corrected chi connectivity index (χ0v) is 17.2. The molecule has 0 bridgehead atoms. The number of pyridine rings is 1. The number of carbonyl (C=O) groups excluding carboxylic acids is 3. The zero-order valence-electron chi connectivity index (χ0n) is 17.2. The minimum atomic E-state index is -0.799. The Morgan fingerprint density at radius 2 is 1.69 bits per heavy atom. The minimum Gasteiger partial charge on any atom is -0.349 e. The van der Waals surface area contributed by atoms with Crippen molar-refractivity contribution in [1.29, 1.82) is 0 Å². The Balaban J connectivity index is 1.93. The number of hydrogen-bond acceptors (Lipinski definition) is 4. The number of nitrogens with zero attached hydrogens (tertiary/aromatic N) is 2. The van der Waals surface area contributed by atoms with Gasteiger partial charge in [0.15, 0.2) is 0 Å². The van der Waals surface area contributed by atoms with E-state index in [1.807, 2.05) is 38.1 Å². The maximum atomic E-state index is 12.8. The van der Waals surface area contributed by atoms with E-state index in [0.29, 0.717) is 5.56 Å². The third-order valence-corrected chi connectivity index (χ3v) is 5.44. The number of benzene rings is 1. The van der Waals surface area contributed by atoms with Gasteiger partial charge in [-0.3, -0.25) is 19.4 Å². The summed E-state index contributed by atoms with van der Waals surface area (Å²) in [6, 6.07) is 7.57. The monoisotopic (exact) mass is 388 g/mol. The second-order valence-electron chi connectivity index (χ2n) is 7.80. The molecule has 0 unspecified atom stereocenters. The van der Waals surface area contributed by atoms with Crippen molar-refractivity contribution >= 4 is 17.5 Å². The van der Waals surface area contributed by atoms with Gasteiger partial charge in [0, 0.05) is 44.3 Å². The fraction of sp³-hybridized carbons (Fsp3) is 0.333. The Morgan fingerprint density at radius 1 is 1.10 bits per heavy atom. The number of ketones is 2. The van der Waals surface area contributed by atoms with Gasteiger partial charge in [0.2, 0.25) is 5.91 Å². The Morgan fingerprint density at radius 3 is 2.14 bits per heavy atom. The highest BCUT2D eigenvalue weighted by Gasteiger charge is 2.40. The smallest absolute Gasteiger partial charge is 0.226 e. The first-order valence-corrected chi connectivity index (χ1v) is 9.53. The molecule has 148 valence electrons. The van der Waals surface area contributed by atoms with E-state index < -0.39 is 11.8 Å². The van der Waals surface area contributed by atoms with Crippen molar-refractivity contribution in [2.24, 2.45) is 5.92 Å². The molecular formula is C24H24N2O3. The molecule has 1 aliphatic rings. The summed E-state index contributed by atoms with van der Waals surface area (Å²) < 4.78 is 0. The summed E-state index contributed by atoms with van der Waals surface area (Å²) in [5.74, 6) is 0.652. The first-order valence-electron chi connectivity index (χ1n) is 9.53. The molecule has 0 aliphatic heterocycles. The Bertz CT molecular complexity index is 988. The molecule has 1 saturated carbocycles. The van der Waals surface area contributed by atoms with Crippen LogP contribution in [0.15, 0.2) is 30.5 Å². The van der Waals surface area contributed by atoms with Crippen LogP contribution in [-0.4, -0.2) is 41.5 Å². The first-order chi connectivity index (χ1) is 13.7. The van der Waals surface area contributed by atoms with Gasteiger partial charge >= 0.3 is 0 Å². The summed E-state index contributed by atoms with van der Waals surface area (Å²) in [7, 11) is 3.28. The van der Waals surface area contributed by atoms with E-state index >= 15 is 0 Å². The third-order valence-electron chi connectivity index (χ3n) is 5.44. The SMILES string of the molecule is C#Cc1ccc(-c2cc(C)c(C3C(=O)CC(C(=O)N(C)C)CC3=O)c(C)c2)nc1. The average molecular weight is 388 g/mol. The van der Waals surface area contributed by atoms with Gasteiger partial charge in [-0.15, -0.1) is 6.42 Å². The topological polar surface area (TPSA) is 67.3 Å². The number of carbonyl (C=O) groups is 3. The van der Waals surface area contributed by atoms with Crippen LogP contribution < -0.4 is 0 Å². The number of Topliss-reactive ketones (excluding diaryl/α,β-unsaturated/α-hetero) is 2. The van der Waals surface area contributed by atoms with Crippen LogP contribution in [0.2, 0.25) is 0 Å². The second-order valence-corrected chi connectivity index (χ2v) is 7.80. The highest BCUT2D eigenvalue weighted by Crippen LogP contribution is 2.36. The predicted molar refractivity (Wildman–Crippen MR) is 111 cm³/mol. The molecule has 3 rings (SSSR count). The average Bonchev–Trinajstić information content (AvgIpc) is 2.68. The summed E-state index contributed by atoms with van der Waals surface area (Å²) in [6.07, 6.45) is 7.23. The van der Waals surface area contributed by atoms with Gasteiger partial charge in [-0.2, -0.15) is 0 Å². The van der Waals surface area contributed by atoms with Gasteiger partial charge in [0.1, 0.15) is 17.5 Å². The van der Waals surface area contributed by atoms with Crippen molar-refractivity contribution in [3.8, 4) is 23.6 Å². The van der Waals surface area contributed by atoms with Crippen LogP contribution in [0.25, 0.3) is 11.3 Å². The van der Waals surface area contributed by atoms with Crippen LogP contribution in [0.4, 0.5) is 0 Å². The molecule has 0 atom stereocenters.